The van der Waals surface area contributed by atoms with E-state index in [9.17, 15) is 4.79 Å². The summed E-state index contributed by atoms with van der Waals surface area (Å²) in [4.78, 5) is 10.5. The molecule has 19 heavy (non-hydrogen) atoms. The Morgan fingerprint density at radius 3 is 2.32 bits per heavy atom. The lowest BCUT2D eigenvalue weighted by molar-refractivity contribution is -0.137. The van der Waals surface area contributed by atoms with Crippen LogP contribution in [0.15, 0.2) is 6.07 Å². The number of benzene rings is 1. The van der Waals surface area contributed by atoms with Crippen LogP contribution >= 0.6 is 11.6 Å². The Kier molecular flexibility index (Phi) is 5.76. The number of hydrogen-bond acceptors (Lipinski definition) is 4. The number of ether oxygens (including phenoxy) is 3. The van der Waals surface area contributed by atoms with E-state index >= 15 is 0 Å². The van der Waals surface area contributed by atoms with Crippen LogP contribution < -0.4 is 14.2 Å². The van der Waals surface area contributed by atoms with Crippen molar-refractivity contribution in [3.8, 4) is 17.2 Å². The fourth-order valence-electron chi connectivity index (χ4n) is 1.84. The monoisotopic (exact) mass is 288 g/mol. The molecule has 1 rings (SSSR count). The first-order valence-electron chi connectivity index (χ1n) is 5.74. The minimum absolute atomic E-state index is 0.0772. The molecule has 5 nitrogen and oxygen atoms in total. The molecule has 0 saturated carbocycles. The molecule has 0 saturated heterocycles. The highest BCUT2D eigenvalue weighted by Gasteiger charge is 2.19. The maximum atomic E-state index is 10.5. The highest BCUT2D eigenvalue weighted by molar-refractivity contribution is 6.31. The number of aliphatic carboxylic acids is 1. The van der Waals surface area contributed by atoms with Crippen molar-refractivity contribution in [1.82, 2.24) is 0 Å². The summed E-state index contributed by atoms with van der Waals surface area (Å²) < 4.78 is 15.7. The number of carbonyl (C=O) groups is 1. The maximum Gasteiger partial charge on any atom is 0.303 e. The Morgan fingerprint density at radius 1 is 1.21 bits per heavy atom. The zero-order valence-corrected chi connectivity index (χ0v) is 11.9. The zero-order chi connectivity index (χ0) is 14.4. The van der Waals surface area contributed by atoms with E-state index in [0.29, 0.717) is 35.1 Å². The molecular formula is C13H17ClO5. The summed E-state index contributed by atoms with van der Waals surface area (Å²) in [6, 6.07) is 1.64. The van der Waals surface area contributed by atoms with Gasteiger partial charge in [-0.05, 0) is 12.8 Å². The van der Waals surface area contributed by atoms with Crippen molar-refractivity contribution in [2.24, 2.45) is 0 Å². The topological polar surface area (TPSA) is 65.0 Å². The van der Waals surface area contributed by atoms with Crippen LogP contribution in [0.25, 0.3) is 0 Å². The summed E-state index contributed by atoms with van der Waals surface area (Å²) in [7, 11) is 4.53. The van der Waals surface area contributed by atoms with Crippen molar-refractivity contribution >= 4 is 17.6 Å². The molecule has 0 aromatic heterocycles. The van der Waals surface area contributed by atoms with Gasteiger partial charge in [-0.25, -0.2) is 0 Å². The van der Waals surface area contributed by atoms with E-state index in [1.54, 1.807) is 6.07 Å². The third kappa shape index (κ3) is 3.67. The molecule has 106 valence electrons. The number of methoxy groups -OCH3 is 3. The van der Waals surface area contributed by atoms with Gasteiger partial charge in [0.05, 0.1) is 26.4 Å². The van der Waals surface area contributed by atoms with Gasteiger partial charge < -0.3 is 19.3 Å². The van der Waals surface area contributed by atoms with Crippen LogP contribution in [-0.4, -0.2) is 32.4 Å². The molecule has 0 fully saturated rings. The van der Waals surface area contributed by atoms with Crippen LogP contribution in [0.3, 0.4) is 0 Å². The SMILES string of the molecule is COc1cc(Cl)c(CCCC(=O)O)c(OC)c1OC. The lowest BCUT2D eigenvalue weighted by Crippen LogP contribution is -2.02. The van der Waals surface area contributed by atoms with Crippen LogP contribution in [0.5, 0.6) is 17.2 Å². The average molecular weight is 289 g/mol. The number of rotatable bonds is 7. The van der Waals surface area contributed by atoms with Crippen molar-refractivity contribution < 1.29 is 24.1 Å². The van der Waals surface area contributed by atoms with Crippen LogP contribution in [0.4, 0.5) is 0 Å². The molecule has 0 aliphatic rings. The van der Waals surface area contributed by atoms with E-state index in [-0.39, 0.29) is 6.42 Å². The smallest absolute Gasteiger partial charge is 0.303 e. The van der Waals surface area contributed by atoms with Crippen molar-refractivity contribution in [2.45, 2.75) is 19.3 Å². The van der Waals surface area contributed by atoms with Gasteiger partial charge in [-0.3, -0.25) is 4.79 Å². The second-order valence-corrected chi connectivity index (χ2v) is 4.26. The van der Waals surface area contributed by atoms with E-state index in [0.717, 1.165) is 5.56 Å². The Balaban J connectivity index is 3.11. The normalized spacial score (nSPS) is 10.1. The maximum absolute atomic E-state index is 10.5. The van der Waals surface area contributed by atoms with E-state index in [2.05, 4.69) is 0 Å². The van der Waals surface area contributed by atoms with Gasteiger partial charge >= 0.3 is 5.97 Å². The Morgan fingerprint density at radius 2 is 1.84 bits per heavy atom. The molecule has 6 heteroatoms. The van der Waals surface area contributed by atoms with Crippen LogP contribution in [0, 0.1) is 0 Å². The fourth-order valence-corrected chi connectivity index (χ4v) is 2.11. The molecule has 1 aromatic carbocycles. The largest absolute Gasteiger partial charge is 0.493 e. The molecule has 0 aliphatic carbocycles. The summed E-state index contributed by atoms with van der Waals surface area (Å²) in [6.07, 6.45) is 1.05. The molecule has 0 bridgehead atoms. The summed E-state index contributed by atoms with van der Waals surface area (Å²) in [5.74, 6) is 0.582. The van der Waals surface area contributed by atoms with Gasteiger partial charge in [0.2, 0.25) is 5.75 Å². The highest BCUT2D eigenvalue weighted by atomic mass is 35.5. The molecule has 0 heterocycles. The van der Waals surface area contributed by atoms with Crippen molar-refractivity contribution in [2.75, 3.05) is 21.3 Å². The first-order chi connectivity index (χ1) is 9.04. The number of carboxylic acid groups (broad SMARTS) is 1. The van der Waals surface area contributed by atoms with Crippen molar-refractivity contribution in [3.63, 3.8) is 0 Å². The predicted octanol–water partition coefficient (Wildman–Crippen LogP) is 2.77. The second-order valence-electron chi connectivity index (χ2n) is 3.85. The molecule has 0 spiro atoms. The third-order valence-corrected chi connectivity index (χ3v) is 3.03. The minimum atomic E-state index is -0.837. The van der Waals surface area contributed by atoms with E-state index in [1.807, 2.05) is 0 Å². The van der Waals surface area contributed by atoms with E-state index in [4.69, 9.17) is 30.9 Å². The first kappa shape index (κ1) is 15.4. The number of hydrogen-bond donors (Lipinski definition) is 1. The molecule has 1 N–H and O–H groups in total. The van der Waals surface area contributed by atoms with Crippen LogP contribution in [0.2, 0.25) is 5.02 Å². The highest BCUT2D eigenvalue weighted by Crippen LogP contribution is 2.44. The van der Waals surface area contributed by atoms with Crippen LogP contribution in [-0.2, 0) is 11.2 Å². The quantitative estimate of drug-likeness (QED) is 0.836. The standard InChI is InChI=1S/C13H17ClO5/c1-17-10-7-9(14)8(5-4-6-11(15)16)12(18-2)13(10)19-3/h7H,4-6H2,1-3H3,(H,15,16). The van der Waals surface area contributed by atoms with Gasteiger partial charge in [-0.2, -0.15) is 0 Å². The van der Waals surface area contributed by atoms with Gasteiger partial charge in [0.1, 0.15) is 0 Å². The first-order valence-corrected chi connectivity index (χ1v) is 6.12. The summed E-state index contributed by atoms with van der Waals surface area (Å²) >= 11 is 6.17. The number of carboxylic acids is 1. The van der Waals surface area contributed by atoms with E-state index < -0.39 is 5.97 Å². The Bertz CT molecular complexity index is 459. The Labute approximate surface area is 117 Å². The third-order valence-electron chi connectivity index (χ3n) is 2.70. The zero-order valence-electron chi connectivity index (χ0n) is 11.2. The summed E-state index contributed by atoms with van der Waals surface area (Å²) in [5.41, 5.74) is 0.725. The van der Waals surface area contributed by atoms with Gasteiger partial charge in [-0.15, -0.1) is 0 Å². The van der Waals surface area contributed by atoms with Crippen molar-refractivity contribution in [1.29, 1.82) is 0 Å². The molecule has 0 radical (unpaired) electrons. The van der Waals surface area contributed by atoms with Gasteiger partial charge in [0, 0.05) is 18.1 Å². The fraction of sp³-hybridized carbons (Fsp3) is 0.462. The lowest BCUT2D eigenvalue weighted by Gasteiger charge is -2.17. The molecule has 0 aliphatic heterocycles. The Hall–Kier alpha value is -1.62. The molecule has 0 unspecified atom stereocenters. The van der Waals surface area contributed by atoms with Crippen LogP contribution in [0.1, 0.15) is 18.4 Å². The molecule has 0 amide bonds. The minimum Gasteiger partial charge on any atom is -0.493 e. The van der Waals surface area contributed by atoms with Gasteiger partial charge in [0.15, 0.2) is 11.5 Å². The number of halogens is 1. The molecule has 1 aromatic rings. The van der Waals surface area contributed by atoms with Gasteiger partial charge in [0.25, 0.3) is 0 Å². The summed E-state index contributed by atoms with van der Waals surface area (Å²) in [5, 5.41) is 9.13. The van der Waals surface area contributed by atoms with Gasteiger partial charge in [-0.1, -0.05) is 11.6 Å². The van der Waals surface area contributed by atoms with E-state index in [1.165, 1.54) is 21.3 Å². The average Bonchev–Trinajstić information content (AvgIpc) is 2.38. The molecule has 0 atom stereocenters. The molecular weight excluding hydrogens is 272 g/mol. The predicted molar refractivity (Wildman–Crippen MR) is 71.7 cm³/mol. The lowest BCUT2D eigenvalue weighted by atomic mass is 10.1. The van der Waals surface area contributed by atoms with Crippen molar-refractivity contribution in [3.05, 3.63) is 16.7 Å². The second kappa shape index (κ2) is 7.09. The summed E-state index contributed by atoms with van der Waals surface area (Å²) in [6.45, 7) is 0.